The van der Waals surface area contributed by atoms with Gasteiger partial charge in [-0.3, -0.25) is 0 Å². The van der Waals surface area contributed by atoms with Gasteiger partial charge in [0.05, 0.1) is 11.2 Å². The molecule has 0 bridgehead atoms. The molecule has 2 aromatic rings. The van der Waals surface area contributed by atoms with Crippen LogP contribution >= 0.6 is 22.9 Å². The third-order valence-electron chi connectivity index (χ3n) is 3.54. The van der Waals surface area contributed by atoms with Gasteiger partial charge in [0.1, 0.15) is 10.2 Å². The highest BCUT2D eigenvalue weighted by Crippen LogP contribution is 2.37. The first-order chi connectivity index (χ1) is 10.7. The van der Waals surface area contributed by atoms with Gasteiger partial charge in [0.25, 0.3) is 0 Å². The number of halogens is 1. The van der Waals surface area contributed by atoms with Crippen molar-refractivity contribution >= 4 is 28.6 Å². The fraction of sp³-hybridized carbons (Fsp3) is 0.562. The molecule has 2 N–H and O–H groups in total. The Labute approximate surface area is 146 Å². The number of anilines is 1. The van der Waals surface area contributed by atoms with Gasteiger partial charge in [-0.25, -0.2) is 4.98 Å². The van der Waals surface area contributed by atoms with E-state index in [1.54, 1.807) is 26.1 Å². The summed E-state index contributed by atoms with van der Waals surface area (Å²) < 4.78 is 0. The van der Waals surface area contributed by atoms with Gasteiger partial charge in [-0.1, -0.05) is 29.9 Å². The van der Waals surface area contributed by atoms with Crippen LogP contribution in [-0.2, 0) is 0 Å². The standard InChI is InChI=1S/C16H23ClN4OS/c1-6-11(16(4,5)22)15-21-20-14(23-15)10-8-18-13(17)7-12(10)19-9(2)3/h7-9,11,22H,6H2,1-5H3,(H,18,19). The van der Waals surface area contributed by atoms with Crippen LogP contribution in [0.2, 0.25) is 5.15 Å². The zero-order valence-electron chi connectivity index (χ0n) is 14.1. The average molecular weight is 355 g/mol. The summed E-state index contributed by atoms with van der Waals surface area (Å²) >= 11 is 7.50. The molecule has 5 nitrogen and oxygen atoms in total. The number of rotatable bonds is 6. The topological polar surface area (TPSA) is 70.9 Å². The van der Waals surface area contributed by atoms with Crippen LogP contribution in [0.5, 0.6) is 0 Å². The van der Waals surface area contributed by atoms with Crippen LogP contribution in [0.3, 0.4) is 0 Å². The van der Waals surface area contributed by atoms with E-state index in [9.17, 15) is 5.11 Å². The van der Waals surface area contributed by atoms with Crippen molar-refractivity contribution in [1.82, 2.24) is 15.2 Å². The Kier molecular flexibility index (Phi) is 5.60. The lowest BCUT2D eigenvalue weighted by molar-refractivity contribution is 0.0479. The molecular formula is C16H23ClN4OS. The van der Waals surface area contributed by atoms with Gasteiger partial charge in [-0.05, 0) is 40.2 Å². The molecule has 0 saturated heterocycles. The Morgan fingerprint density at radius 3 is 2.61 bits per heavy atom. The molecule has 1 unspecified atom stereocenters. The summed E-state index contributed by atoms with van der Waals surface area (Å²) in [4.78, 5) is 4.16. The van der Waals surface area contributed by atoms with Gasteiger partial charge in [0.15, 0.2) is 5.01 Å². The number of nitrogens with one attached hydrogen (secondary N) is 1. The van der Waals surface area contributed by atoms with Crippen LogP contribution in [0.1, 0.15) is 52.0 Å². The predicted octanol–water partition coefficient (Wildman–Crippen LogP) is 4.34. The fourth-order valence-electron chi connectivity index (χ4n) is 2.49. The molecular weight excluding hydrogens is 332 g/mol. The quantitative estimate of drug-likeness (QED) is 0.755. The second kappa shape index (κ2) is 7.11. The molecule has 126 valence electrons. The number of pyridine rings is 1. The molecule has 2 rings (SSSR count). The summed E-state index contributed by atoms with van der Waals surface area (Å²) in [6.07, 6.45) is 2.51. The molecule has 7 heteroatoms. The van der Waals surface area contributed by atoms with Crippen LogP contribution in [0, 0.1) is 0 Å². The molecule has 2 heterocycles. The maximum absolute atomic E-state index is 10.3. The first kappa shape index (κ1) is 18.1. The van der Waals surface area contributed by atoms with Gasteiger partial charge in [0, 0.05) is 23.8 Å². The van der Waals surface area contributed by atoms with Crippen molar-refractivity contribution < 1.29 is 5.11 Å². The second-order valence-corrected chi connectivity index (χ2v) is 7.81. The molecule has 0 aliphatic rings. The summed E-state index contributed by atoms with van der Waals surface area (Å²) in [5.41, 5.74) is 0.930. The van der Waals surface area contributed by atoms with E-state index in [2.05, 4.69) is 34.3 Å². The molecule has 0 aromatic carbocycles. The molecule has 1 atom stereocenters. The number of aromatic nitrogens is 3. The zero-order valence-corrected chi connectivity index (χ0v) is 15.7. The van der Waals surface area contributed by atoms with Crippen molar-refractivity contribution in [1.29, 1.82) is 0 Å². The molecule has 0 saturated carbocycles. The van der Waals surface area contributed by atoms with Crippen LogP contribution in [0.15, 0.2) is 12.3 Å². The van der Waals surface area contributed by atoms with Crippen molar-refractivity contribution in [3.8, 4) is 10.6 Å². The largest absolute Gasteiger partial charge is 0.390 e. The molecule has 0 aliphatic heterocycles. The van der Waals surface area contributed by atoms with E-state index in [1.807, 2.05) is 6.92 Å². The normalized spacial score (nSPS) is 13.4. The van der Waals surface area contributed by atoms with E-state index in [0.717, 1.165) is 27.7 Å². The minimum absolute atomic E-state index is 0.0458. The molecule has 0 spiro atoms. The van der Waals surface area contributed by atoms with E-state index in [1.165, 1.54) is 11.3 Å². The van der Waals surface area contributed by atoms with E-state index in [0.29, 0.717) is 5.15 Å². The number of aliphatic hydroxyl groups is 1. The van der Waals surface area contributed by atoms with Gasteiger partial charge in [-0.2, -0.15) is 0 Å². The van der Waals surface area contributed by atoms with Gasteiger partial charge in [-0.15, -0.1) is 10.2 Å². The molecule has 0 amide bonds. The Balaban J connectivity index is 2.41. The first-order valence-corrected chi connectivity index (χ1v) is 8.90. The number of hydrogen-bond acceptors (Lipinski definition) is 6. The van der Waals surface area contributed by atoms with Gasteiger partial charge < -0.3 is 10.4 Å². The average Bonchev–Trinajstić information content (AvgIpc) is 2.86. The monoisotopic (exact) mass is 354 g/mol. The summed E-state index contributed by atoms with van der Waals surface area (Å²) in [6.45, 7) is 9.77. The molecule has 0 radical (unpaired) electrons. The van der Waals surface area contributed by atoms with E-state index in [-0.39, 0.29) is 12.0 Å². The lowest BCUT2D eigenvalue weighted by atomic mass is 9.89. The van der Waals surface area contributed by atoms with Crippen LogP contribution < -0.4 is 5.32 Å². The van der Waals surface area contributed by atoms with Crippen molar-refractivity contribution in [3.05, 3.63) is 22.4 Å². The van der Waals surface area contributed by atoms with E-state index < -0.39 is 5.60 Å². The first-order valence-electron chi connectivity index (χ1n) is 7.70. The van der Waals surface area contributed by atoms with Gasteiger partial charge >= 0.3 is 0 Å². The highest BCUT2D eigenvalue weighted by molar-refractivity contribution is 7.14. The minimum Gasteiger partial charge on any atom is -0.390 e. The molecule has 2 aromatic heterocycles. The predicted molar refractivity (Wildman–Crippen MR) is 96.2 cm³/mol. The Morgan fingerprint density at radius 1 is 1.35 bits per heavy atom. The molecule has 0 aliphatic carbocycles. The van der Waals surface area contributed by atoms with Crippen molar-refractivity contribution in [3.63, 3.8) is 0 Å². The van der Waals surface area contributed by atoms with E-state index in [4.69, 9.17) is 11.6 Å². The summed E-state index contributed by atoms with van der Waals surface area (Å²) in [5.74, 6) is -0.0458. The zero-order chi connectivity index (χ0) is 17.2. The van der Waals surface area contributed by atoms with Crippen molar-refractivity contribution in [2.45, 2.75) is 58.6 Å². The Hall–Kier alpha value is -1.24. The minimum atomic E-state index is -0.831. The SMILES string of the molecule is CCC(c1nnc(-c2cnc(Cl)cc2NC(C)C)s1)C(C)(C)O. The maximum atomic E-state index is 10.3. The van der Waals surface area contributed by atoms with Crippen molar-refractivity contribution in [2.24, 2.45) is 0 Å². The summed E-state index contributed by atoms with van der Waals surface area (Å²) in [5, 5.41) is 24.3. The fourth-order valence-corrected chi connectivity index (χ4v) is 3.88. The van der Waals surface area contributed by atoms with Gasteiger partial charge in [0.2, 0.25) is 0 Å². The summed E-state index contributed by atoms with van der Waals surface area (Å²) in [6, 6.07) is 2.06. The highest BCUT2D eigenvalue weighted by Gasteiger charge is 2.30. The smallest absolute Gasteiger partial charge is 0.151 e. The van der Waals surface area contributed by atoms with Crippen LogP contribution in [0.25, 0.3) is 10.6 Å². The third-order valence-corrected chi connectivity index (χ3v) is 4.82. The third kappa shape index (κ3) is 4.40. The lowest BCUT2D eigenvalue weighted by Crippen LogP contribution is -2.28. The van der Waals surface area contributed by atoms with E-state index >= 15 is 0 Å². The molecule has 0 fully saturated rings. The Bertz CT molecular complexity index is 666. The van der Waals surface area contributed by atoms with Crippen molar-refractivity contribution in [2.75, 3.05) is 5.32 Å². The van der Waals surface area contributed by atoms with Crippen LogP contribution in [0.4, 0.5) is 5.69 Å². The Morgan fingerprint density at radius 2 is 2.04 bits per heavy atom. The summed E-state index contributed by atoms with van der Waals surface area (Å²) in [7, 11) is 0. The second-order valence-electron chi connectivity index (χ2n) is 6.41. The maximum Gasteiger partial charge on any atom is 0.151 e. The van der Waals surface area contributed by atoms with Crippen LogP contribution in [-0.4, -0.2) is 31.9 Å². The number of nitrogens with zero attached hydrogens (tertiary/aromatic N) is 3. The lowest BCUT2D eigenvalue weighted by Gasteiger charge is -2.25. The molecule has 23 heavy (non-hydrogen) atoms. The number of hydrogen-bond donors (Lipinski definition) is 2. The highest BCUT2D eigenvalue weighted by atomic mass is 35.5.